The Morgan fingerprint density at radius 2 is 1.85 bits per heavy atom. The number of rotatable bonds is 2. The lowest BCUT2D eigenvalue weighted by Gasteiger charge is -2.32. The fourth-order valence-electron chi connectivity index (χ4n) is 1.89. The van der Waals surface area contributed by atoms with E-state index >= 15 is 0 Å². The summed E-state index contributed by atoms with van der Waals surface area (Å²) in [7, 11) is 0.214. The smallest absolute Gasteiger partial charge is 0.464 e. The highest BCUT2D eigenvalue weighted by Crippen LogP contribution is 2.36. The topological polar surface area (TPSA) is 57.7 Å². The molecule has 0 atom stereocenters. The molecule has 0 unspecified atom stereocenters. The van der Waals surface area contributed by atoms with Crippen LogP contribution in [-0.4, -0.2) is 36.4 Å². The number of ether oxygens (including phenoxy) is 1. The molecule has 1 aromatic rings. The second-order valence-corrected chi connectivity index (χ2v) is 5.63. The Balaban J connectivity index is 2.47. The summed E-state index contributed by atoms with van der Waals surface area (Å²) in [6, 6.07) is 1.16. The van der Waals surface area contributed by atoms with Crippen molar-refractivity contribution in [3.8, 4) is 0 Å². The van der Waals surface area contributed by atoms with Gasteiger partial charge >= 0.3 is 13.1 Å². The summed E-state index contributed by atoms with van der Waals surface area (Å²) in [5, 5.41) is 0. The van der Waals surface area contributed by atoms with Gasteiger partial charge in [0, 0.05) is 6.20 Å². The fourth-order valence-corrected chi connectivity index (χ4v) is 1.89. The third-order valence-electron chi connectivity index (χ3n) is 3.80. The summed E-state index contributed by atoms with van der Waals surface area (Å²) in [6.07, 6.45) is 1.20. The summed E-state index contributed by atoms with van der Waals surface area (Å²) in [6.45, 7) is 7.39. The number of carbonyl (C=O) groups is 1. The van der Waals surface area contributed by atoms with E-state index < -0.39 is 30.1 Å². The van der Waals surface area contributed by atoms with Crippen LogP contribution in [0.25, 0.3) is 0 Å². The molecule has 1 aliphatic heterocycles. The Morgan fingerprint density at radius 3 is 2.35 bits per heavy atom. The zero-order valence-electron chi connectivity index (χ0n) is 12.2. The van der Waals surface area contributed by atoms with Crippen LogP contribution < -0.4 is 5.46 Å². The lowest BCUT2D eigenvalue weighted by molar-refractivity contribution is 0.00578. The number of methoxy groups -OCH3 is 1. The molecule has 5 nitrogen and oxygen atoms in total. The first-order valence-corrected chi connectivity index (χ1v) is 6.28. The second-order valence-electron chi connectivity index (χ2n) is 5.63. The Hall–Kier alpha value is -1.47. The molecule has 1 aliphatic rings. The number of hydrogen-bond donors (Lipinski definition) is 0. The number of aromatic nitrogens is 1. The maximum atomic E-state index is 14.1. The van der Waals surface area contributed by atoms with E-state index in [1.165, 1.54) is 13.3 Å². The van der Waals surface area contributed by atoms with Gasteiger partial charge in [-0.25, -0.2) is 14.2 Å². The van der Waals surface area contributed by atoms with Crippen LogP contribution >= 0.6 is 0 Å². The molecule has 0 saturated carbocycles. The van der Waals surface area contributed by atoms with Gasteiger partial charge in [-0.1, -0.05) is 0 Å². The normalized spacial score (nSPS) is 20.0. The van der Waals surface area contributed by atoms with Crippen molar-refractivity contribution < 1.29 is 23.2 Å². The Labute approximate surface area is 117 Å². The van der Waals surface area contributed by atoms with E-state index in [0.29, 0.717) is 0 Å². The van der Waals surface area contributed by atoms with Gasteiger partial charge in [0.05, 0.1) is 23.8 Å². The first-order valence-electron chi connectivity index (χ1n) is 6.28. The summed E-state index contributed by atoms with van der Waals surface area (Å²) < 4.78 is 30.2. The van der Waals surface area contributed by atoms with Crippen molar-refractivity contribution in [1.29, 1.82) is 0 Å². The minimum Gasteiger partial charge on any atom is -0.464 e. The molecule has 0 N–H and O–H groups in total. The van der Waals surface area contributed by atoms with Crippen LogP contribution in [0.3, 0.4) is 0 Å². The largest absolute Gasteiger partial charge is 0.500 e. The SMILES string of the molecule is COC(=O)c1nccc(F)c1B1OC(C)(C)C(C)(C)O1. The van der Waals surface area contributed by atoms with Crippen molar-refractivity contribution in [3.63, 3.8) is 0 Å². The van der Waals surface area contributed by atoms with Crippen molar-refractivity contribution in [2.75, 3.05) is 7.11 Å². The molecule has 2 heterocycles. The number of hydrogen-bond acceptors (Lipinski definition) is 5. The summed E-state index contributed by atoms with van der Waals surface area (Å²) in [5.41, 5.74) is -1.43. The third-order valence-corrected chi connectivity index (χ3v) is 3.80. The van der Waals surface area contributed by atoms with E-state index in [2.05, 4.69) is 9.72 Å². The average molecular weight is 281 g/mol. The fraction of sp³-hybridized carbons (Fsp3) is 0.538. The lowest BCUT2D eigenvalue weighted by atomic mass is 9.77. The van der Waals surface area contributed by atoms with E-state index in [1.54, 1.807) is 0 Å². The van der Waals surface area contributed by atoms with E-state index in [-0.39, 0.29) is 11.2 Å². The van der Waals surface area contributed by atoms with Gasteiger partial charge in [0.25, 0.3) is 0 Å². The van der Waals surface area contributed by atoms with Crippen molar-refractivity contribution in [3.05, 3.63) is 23.8 Å². The number of carbonyl (C=O) groups excluding carboxylic acids is 1. The molecule has 108 valence electrons. The Bertz CT molecular complexity index is 531. The van der Waals surface area contributed by atoms with Gasteiger partial charge in [0.15, 0.2) is 5.69 Å². The van der Waals surface area contributed by atoms with E-state index in [1.807, 2.05) is 27.7 Å². The van der Waals surface area contributed by atoms with Crippen LogP contribution in [0.15, 0.2) is 12.3 Å². The van der Waals surface area contributed by atoms with Crippen LogP contribution in [0.5, 0.6) is 0 Å². The molecule has 0 bridgehead atoms. The predicted octanol–water partition coefficient (Wildman–Crippen LogP) is 1.31. The molecule has 1 aromatic heterocycles. The summed E-state index contributed by atoms with van der Waals surface area (Å²) in [4.78, 5) is 15.6. The van der Waals surface area contributed by atoms with Crippen LogP contribution in [-0.2, 0) is 14.0 Å². The Morgan fingerprint density at radius 1 is 1.30 bits per heavy atom. The van der Waals surface area contributed by atoms with Crippen LogP contribution in [0, 0.1) is 5.82 Å². The van der Waals surface area contributed by atoms with E-state index in [4.69, 9.17) is 9.31 Å². The van der Waals surface area contributed by atoms with Gasteiger partial charge in [-0.2, -0.15) is 0 Å². The monoisotopic (exact) mass is 281 g/mol. The zero-order chi connectivity index (χ0) is 15.1. The van der Waals surface area contributed by atoms with Crippen LogP contribution in [0.2, 0.25) is 0 Å². The zero-order valence-corrected chi connectivity index (χ0v) is 12.2. The molecular weight excluding hydrogens is 264 g/mol. The lowest BCUT2D eigenvalue weighted by Crippen LogP contribution is -2.41. The molecule has 0 radical (unpaired) electrons. The van der Waals surface area contributed by atoms with E-state index in [9.17, 15) is 9.18 Å². The molecular formula is C13H17BFNO4. The third kappa shape index (κ3) is 2.31. The minimum atomic E-state index is -0.997. The molecule has 2 rings (SSSR count). The summed E-state index contributed by atoms with van der Waals surface area (Å²) in [5.74, 6) is -1.34. The second kappa shape index (κ2) is 4.82. The first-order chi connectivity index (χ1) is 9.19. The predicted molar refractivity (Wildman–Crippen MR) is 71.3 cm³/mol. The highest BCUT2D eigenvalue weighted by molar-refractivity contribution is 6.63. The standard InChI is InChI=1S/C13H17BFNO4/c1-12(2)13(3,4)20-14(19-12)9-8(15)6-7-16-10(9)11(17)18-5/h6-7H,1-5H3. The molecule has 0 aromatic carbocycles. The molecule has 7 heteroatoms. The minimum absolute atomic E-state index is 0.0296. The van der Waals surface area contributed by atoms with Gasteiger partial charge in [-0.3, -0.25) is 0 Å². The van der Waals surface area contributed by atoms with Gasteiger partial charge in [0.2, 0.25) is 0 Å². The number of pyridine rings is 1. The van der Waals surface area contributed by atoms with Gasteiger partial charge in [-0.05, 0) is 33.8 Å². The van der Waals surface area contributed by atoms with Gasteiger partial charge in [-0.15, -0.1) is 0 Å². The first kappa shape index (κ1) is 14.9. The van der Waals surface area contributed by atoms with Crippen molar-refractivity contribution >= 4 is 18.6 Å². The maximum absolute atomic E-state index is 14.1. The van der Waals surface area contributed by atoms with E-state index in [0.717, 1.165) is 6.07 Å². The quantitative estimate of drug-likeness (QED) is 0.604. The summed E-state index contributed by atoms with van der Waals surface area (Å²) >= 11 is 0. The average Bonchev–Trinajstić information content (AvgIpc) is 2.56. The van der Waals surface area contributed by atoms with Crippen molar-refractivity contribution in [2.24, 2.45) is 0 Å². The number of esters is 1. The van der Waals surface area contributed by atoms with Gasteiger partial charge in [0.1, 0.15) is 5.82 Å². The van der Waals surface area contributed by atoms with Crippen molar-refractivity contribution in [1.82, 2.24) is 4.98 Å². The highest BCUT2D eigenvalue weighted by atomic mass is 19.1. The molecule has 0 spiro atoms. The molecule has 20 heavy (non-hydrogen) atoms. The maximum Gasteiger partial charge on any atom is 0.500 e. The highest BCUT2D eigenvalue weighted by Gasteiger charge is 2.53. The number of nitrogens with zero attached hydrogens (tertiary/aromatic N) is 1. The van der Waals surface area contributed by atoms with Gasteiger partial charge < -0.3 is 14.0 Å². The molecule has 0 amide bonds. The van der Waals surface area contributed by atoms with Crippen molar-refractivity contribution in [2.45, 2.75) is 38.9 Å². The molecule has 0 aliphatic carbocycles. The van der Waals surface area contributed by atoms with Crippen LogP contribution in [0.1, 0.15) is 38.2 Å². The molecule has 1 fully saturated rings. The van der Waals surface area contributed by atoms with Crippen LogP contribution in [0.4, 0.5) is 4.39 Å². The Kier molecular flexibility index (Phi) is 3.60. The number of halogens is 1. The molecule has 1 saturated heterocycles.